The fourth-order valence-corrected chi connectivity index (χ4v) is 0.721. The molecule has 0 radical (unpaired) electrons. The van der Waals surface area contributed by atoms with Crippen LogP contribution < -0.4 is 0 Å². The topological polar surface area (TPSA) is 46.5 Å². The lowest BCUT2D eigenvalue weighted by Crippen LogP contribution is -2.39. The highest BCUT2D eigenvalue weighted by Crippen LogP contribution is 2.22. The van der Waals surface area contributed by atoms with Gasteiger partial charge in [-0.1, -0.05) is 6.92 Å². The van der Waals surface area contributed by atoms with Gasteiger partial charge in [-0.05, 0) is 41.0 Å². The summed E-state index contributed by atoms with van der Waals surface area (Å²) in [6.07, 6.45) is 0.761. The normalized spacial score (nSPS) is 15.1. The number of hydrogen-bond acceptors (Lipinski definition) is 3. The fourth-order valence-electron chi connectivity index (χ4n) is 0.721. The summed E-state index contributed by atoms with van der Waals surface area (Å²) in [4.78, 5) is 11.6. The molecule has 0 heterocycles. The number of rotatable bonds is 4. The standard InChI is InChI=1S/C11H22O3/c1-7-10(3,4)14-9(12)8(2)11(5,6)13/h8,13H,7H2,1-6H3. The zero-order valence-corrected chi connectivity index (χ0v) is 10.0. The molecule has 0 spiro atoms. The Hall–Kier alpha value is -0.570. The van der Waals surface area contributed by atoms with Crippen molar-refractivity contribution >= 4 is 5.97 Å². The molecular weight excluding hydrogens is 180 g/mol. The molecule has 0 amide bonds. The molecule has 1 atom stereocenters. The van der Waals surface area contributed by atoms with Gasteiger partial charge in [-0.3, -0.25) is 4.79 Å². The Morgan fingerprint density at radius 2 is 1.79 bits per heavy atom. The second-order valence-corrected chi connectivity index (χ2v) is 4.91. The van der Waals surface area contributed by atoms with Gasteiger partial charge in [0.15, 0.2) is 0 Å². The maximum atomic E-state index is 11.6. The molecule has 0 fully saturated rings. The van der Waals surface area contributed by atoms with Crippen LogP contribution in [0.25, 0.3) is 0 Å². The van der Waals surface area contributed by atoms with E-state index in [-0.39, 0.29) is 5.97 Å². The summed E-state index contributed by atoms with van der Waals surface area (Å²) in [5.41, 5.74) is -1.47. The first-order valence-electron chi connectivity index (χ1n) is 5.05. The predicted molar refractivity (Wildman–Crippen MR) is 55.9 cm³/mol. The van der Waals surface area contributed by atoms with Crippen LogP contribution in [0.15, 0.2) is 0 Å². The summed E-state index contributed by atoms with van der Waals surface area (Å²) in [7, 11) is 0. The van der Waals surface area contributed by atoms with E-state index in [0.717, 1.165) is 6.42 Å². The van der Waals surface area contributed by atoms with Gasteiger partial charge in [-0.25, -0.2) is 0 Å². The molecule has 84 valence electrons. The number of hydrogen-bond donors (Lipinski definition) is 1. The van der Waals surface area contributed by atoms with E-state index >= 15 is 0 Å². The highest BCUT2D eigenvalue weighted by molar-refractivity contribution is 5.73. The van der Waals surface area contributed by atoms with Crippen LogP contribution in [0.2, 0.25) is 0 Å². The Morgan fingerprint density at radius 3 is 2.07 bits per heavy atom. The monoisotopic (exact) mass is 202 g/mol. The number of carbonyl (C=O) groups excluding carboxylic acids is 1. The first-order valence-corrected chi connectivity index (χ1v) is 5.05. The molecule has 0 aromatic rings. The van der Waals surface area contributed by atoms with Crippen LogP contribution in [-0.2, 0) is 9.53 Å². The van der Waals surface area contributed by atoms with Crippen molar-refractivity contribution in [1.82, 2.24) is 0 Å². The van der Waals surface area contributed by atoms with Crippen molar-refractivity contribution in [2.75, 3.05) is 0 Å². The average Bonchev–Trinajstić information content (AvgIpc) is 2.00. The van der Waals surface area contributed by atoms with Crippen molar-refractivity contribution in [3.8, 4) is 0 Å². The fraction of sp³-hybridized carbons (Fsp3) is 0.909. The highest BCUT2D eigenvalue weighted by Gasteiger charge is 2.33. The molecule has 0 aromatic carbocycles. The van der Waals surface area contributed by atoms with Crippen molar-refractivity contribution < 1.29 is 14.6 Å². The molecule has 3 heteroatoms. The third-order valence-electron chi connectivity index (χ3n) is 2.64. The summed E-state index contributed by atoms with van der Waals surface area (Å²) < 4.78 is 5.28. The molecule has 0 aromatic heterocycles. The van der Waals surface area contributed by atoms with Crippen LogP contribution in [0.1, 0.15) is 48.0 Å². The van der Waals surface area contributed by atoms with Crippen LogP contribution in [0, 0.1) is 5.92 Å². The van der Waals surface area contributed by atoms with Crippen molar-refractivity contribution in [2.45, 2.75) is 59.2 Å². The molecule has 14 heavy (non-hydrogen) atoms. The second-order valence-electron chi connectivity index (χ2n) is 4.91. The minimum atomic E-state index is -1.03. The van der Waals surface area contributed by atoms with Gasteiger partial charge < -0.3 is 9.84 Å². The Balaban J connectivity index is 4.37. The molecule has 1 N–H and O–H groups in total. The molecule has 0 aliphatic rings. The zero-order chi connectivity index (χ0) is 11.6. The van der Waals surface area contributed by atoms with Gasteiger partial charge in [0.25, 0.3) is 0 Å². The van der Waals surface area contributed by atoms with Gasteiger partial charge in [0.2, 0.25) is 0 Å². The first-order chi connectivity index (χ1) is 6.10. The SMILES string of the molecule is CCC(C)(C)OC(=O)C(C)C(C)(C)O. The van der Waals surface area contributed by atoms with Crippen molar-refractivity contribution in [3.05, 3.63) is 0 Å². The minimum absolute atomic E-state index is 0.343. The molecule has 0 rings (SSSR count). The maximum Gasteiger partial charge on any atom is 0.312 e. The van der Waals surface area contributed by atoms with Crippen molar-refractivity contribution in [2.24, 2.45) is 5.92 Å². The summed E-state index contributed by atoms with van der Waals surface area (Å²) in [6.45, 7) is 10.6. The lowest BCUT2D eigenvalue weighted by molar-refractivity contribution is -0.168. The van der Waals surface area contributed by atoms with Gasteiger partial charge in [0.05, 0.1) is 11.5 Å². The summed E-state index contributed by atoms with van der Waals surface area (Å²) >= 11 is 0. The summed E-state index contributed by atoms with van der Waals surface area (Å²) in [5.74, 6) is -0.849. The first kappa shape index (κ1) is 13.4. The molecule has 0 aliphatic carbocycles. The Bertz CT molecular complexity index is 201. The lowest BCUT2D eigenvalue weighted by atomic mass is 9.93. The van der Waals surface area contributed by atoms with E-state index in [0.29, 0.717) is 0 Å². The number of carbonyl (C=O) groups is 1. The number of ether oxygens (including phenoxy) is 1. The quantitative estimate of drug-likeness (QED) is 0.710. The smallest absolute Gasteiger partial charge is 0.312 e. The third kappa shape index (κ3) is 4.09. The molecule has 0 saturated carbocycles. The number of aliphatic hydroxyl groups is 1. The summed E-state index contributed by atoms with van der Waals surface area (Å²) in [5, 5.41) is 9.63. The van der Waals surface area contributed by atoms with E-state index < -0.39 is 17.1 Å². The van der Waals surface area contributed by atoms with Crippen LogP contribution >= 0.6 is 0 Å². The molecule has 0 saturated heterocycles. The molecule has 0 bridgehead atoms. The van der Waals surface area contributed by atoms with Gasteiger partial charge >= 0.3 is 5.97 Å². The van der Waals surface area contributed by atoms with Crippen LogP contribution in [0.3, 0.4) is 0 Å². The minimum Gasteiger partial charge on any atom is -0.459 e. The molecule has 0 aliphatic heterocycles. The highest BCUT2D eigenvalue weighted by atomic mass is 16.6. The van der Waals surface area contributed by atoms with E-state index in [1.807, 2.05) is 20.8 Å². The molecule has 1 unspecified atom stereocenters. The van der Waals surface area contributed by atoms with E-state index in [9.17, 15) is 9.90 Å². The van der Waals surface area contributed by atoms with Crippen LogP contribution in [0.5, 0.6) is 0 Å². The van der Waals surface area contributed by atoms with Crippen molar-refractivity contribution in [3.63, 3.8) is 0 Å². The Morgan fingerprint density at radius 1 is 1.36 bits per heavy atom. The van der Waals surface area contributed by atoms with Gasteiger partial charge in [-0.2, -0.15) is 0 Å². The largest absolute Gasteiger partial charge is 0.459 e. The van der Waals surface area contributed by atoms with Gasteiger partial charge in [0.1, 0.15) is 5.60 Å². The van der Waals surface area contributed by atoms with Crippen molar-refractivity contribution in [1.29, 1.82) is 0 Å². The predicted octanol–water partition coefficient (Wildman–Crippen LogP) is 2.13. The lowest BCUT2D eigenvalue weighted by Gasteiger charge is -2.29. The average molecular weight is 202 g/mol. The zero-order valence-electron chi connectivity index (χ0n) is 10.0. The number of esters is 1. The third-order valence-corrected chi connectivity index (χ3v) is 2.64. The van der Waals surface area contributed by atoms with E-state index in [4.69, 9.17) is 4.74 Å². The van der Waals surface area contributed by atoms with Crippen LogP contribution in [-0.4, -0.2) is 22.3 Å². The van der Waals surface area contributed by atoms with E-state index in [1.165, 1.54) is 0 Å². The van der Waals surface area contributed by atoms with Gasteiger partial charge in [-0.15, -0.1) is 0 Å². The second kappa shape index (κ2) is 4.30. The van der Waals surface area contributed by atoms with E-state index in [2.05, 4.69) is 0 Å². The molecule has 3 nitrogen and oxygen atoms in total. The van der Waals surface area contributed by atoms with Gasteiger partial charge in [0, 0.05) is 0 Å². The summed E-state index contributed by atoms with van der Waals surface area (Å²) in [6, 6.07) is 0. The van der Waals surface area contributed by atoms with E-state index in [1.54, 1.807) is 20.8 Å². The Kier molecular flexibility index (Phi) is 4.13. The van der Waals surface area contributed by atoms with Crippen LogP contribution in [0.4, 0.5) is 0 Å². The maximum absolute atomic E-state index is 11.6. The molecular formula is C11H22O3. The Labute approximate surface area is 86.5 Å².